The Bertz CT molecular complexity index is 745. The average molecular weight is 364 g/mol. The van der Waals surface area contributed by atoms with E-state index in [2.05, 4.69) is 0 Å². The number of aromatic hydroxyl groups is 1. The van der Waals surface area contributed by atoms with Gasteiger partial charge in [-0.05, 0) is 51.0 Å². The topological polar surface area (TPSA) is 75.6 Å². The van der Waals surface area contributed by atoms with Crippen molar-refractivity contribution in [1.29, 1.82) is 0 Å². The third-order valence-corrected chi connectivity index (χ3v) is 5.53. The molecule has 0 radical (unpaired) electrons. The van der Waals surface area contributed by atoms with E-state index in [9.17, 15) is 5.11 Å². The number of fused-ring (bicyclic) bond motifs is 4. The molecule has 0 bridgehead atoms. The highest BCUT2D eigenvalue weighted by atomic mass is 16.9. The minimum Gasteiger partial charge on any atom is -0.508 e. The molecule has 7 nitrogen and oxygen atoms in total. The molecule has 1 aromatic rings. The summed E-state index contributed by atoms with van der Waals surface area (Å²) in [5.41, 5.74) is 1.00. The number of benzene rings is 1. The van der Waals surface area contributed by atoms with Gasteiger partial charge in [0, 0.05) is 0 Å². The molecule has 5 rings (SSSR count). The predicted molar refractivity (Wildman–Crippen MR) is 88.2 cm³/mol. The summed E-state index contributed by atoms with van der Waals surface area (Å²) in [7, 11) is 0. The van der Waals surface area contributed by atoms with Crippen molar-refractivity contribution in [2.75, 3.05) is 6.61 Å². The Morgan fingerprint density at radius 1 is 0.962 bits per heavy atom. The van der Waals surface area contributed by atoms with E-state index in [0.29, 0.717) is 13.2 Å². The molecule has 1 aromatic carbocycles. The van der Waals surface area contributed by atoms with Gasteiger partial charge in [-0.25, -0.2) is 0 Å². The van der Waals surface area contributed by atoms with Crippen molar-refractivity contribution in [2.45, 2.75) is 76.1 Å². The average Bonchev–Trinajstić information content (AvgIpc) is 3.23. The number of phenolic OH excluding ortho intramolecular Hbond substituents is 1. The summed E-state index contributed by atoms with van der Waals surface area (Å²) in [4.78, 5) is 0. The summed E-state index contributed by atoms with van der Waals surface area (Å²) in [6.45, 7) is 8.26. The second kappa shape index (κ2) is 5.19. The molecule has 1 N–H and O–H groups in total. The summed E-state index contributed by atoms with van der Waals surface area (Å²) >= 11 is 0. The summed E-state index contributed by atoms with van der Waals surface area (Å²) in [5.74, 6) is -1.23. The van der Waals surface area contributed by atoms with Gasteiger partial charge in [0.15, 0.2) is 23.5 Å². The van der Waals surface area contributed by atoms with E-state index in [1.54, 1.807) is 12.1 Å². The highest BCUT2D eigenvalue weighted by Crippen LogP contribution is 2.56. The van der Waals surface area contributed by atoms with E-state index in [1.807, 2.05) is 33.8 Å². The molecule has 4 aliphatic heterocycles. The lowest BCUT2D eigenvalue weighted by atomic mass is 9.82. The van der Waals surface area contributed by atoms with Crippen LogP contribution in [0.5, 0.6) is 5.75 Å². The van der Waals surface area contributed by atoms with E-state index < -0.39 is 35.7 Å². The van der Waals surface area contributed by atoms with Crippen LogP contribution in [0.1, 0.15) is 38.8 Å². The Kier molecular flexibility index (Phi) is 3.37. The van der Waals surface area contributed by atoms with Crippen molar-refractivity contribution in [2.24, 2.45) is 0 Å². The van der Waals surface area contributed by atoms with Gasteiger partial charge in [0.25, 0.3) is 0 Å². The van der Waals surface area contributed by atoms with E-state index in [-0.39, 0.29) is 11.9 Å². The molecule has 26 heavy (non-hydrogen) atoms. The number of phenols is 1. The van der Waals surface area contributed by atoms with Crippen LogP contribution in [0, 0.1) is 0 Å². The molecule has 0 amide bonds. The molecule has 5 atom stereocenters. The van der Waals surface area contributed by atoms with Crippen LogP contribution in [-0.4, -0.2) is 47.9 Å². The van der Waals surface area contributed by atoms with Gasteiger partial charge in [-0.3, -0.25) is 0 Å². The summed E-state index contributed by atoms with van der Waals surface area (Å²) in [6, 6.07) is 5.27. The molecule has 4 aliphatic rings. The molecule has 0 unspecified atom stereocenters. The van der Waals surface area contributed by atoms with Gasteiger partial charge in [0.05, 0.1) is 13.2 Å². The number of ether oxygens (including phenoxy) is 6. The number of rotatable bonds is 1. The second-order valence-electron chi connectivity index (χ2n) is 8.27. The quantitative estimate of drug-likeness (QED) is 0.818. The molecule has 0 aliphatic carbocycles. The van der Waals surface area contributed by atoms with Crippen LogP contribution in [0.15, 0.2) is 18.2 Å². The highest BCUT2D eigenvalue weighted by molar-refractivity contribution is 5.44. The fourth-order valence-electron chi connectivity index (χ4n) is 4.58. The molecule has 0 saturated carbocycles. The van der Waals surface area contributed by atoms with Gasteiger partial charge in [-0.1, -0.05) is 6.07 Å². The smallest absolute Gasteiger partial charge is 0.191 e. The van der Waals surface area contributed by atoms with Crippen LogP contribution in [0.4, 0.5) is 0 Å². The SMILES string of the molecule is CC1(C)OC[C@H]([C@H]2O[C@@H]3OC(C)(C)O[C@@H]3[C@@]23OCc2cc(O)ccc23)O1. The van der Waals surface area contributed by atoms with E-state index in [4.69, 9.17) is 28.4 Å². The van der Waals surface area contributed by atoms with Crippen molar-refractivity contribution in [1.82, 2.24) is 0 Å². The first kappa shape index (κ1) is 16.9. The summed E-state index contributed by atoms with van der Waals surface area (Å²) < 4.78 is 36.7. The third kappa shape index (κ3) is 2.28. The first-order valence-electron chi connectivity index (χ1n) is 8.99. The fourth-order valence-corrected chi connectivity index (χ4v) is 4.58. The largest absolute Gasteiger partial charge is 0.508 e. The van der Waals surface area contributed by atoms with Crippen LogP contribution in [-0.2, 0) is 40.6 Å². The molecule has 3 fully saturated rings. The molecular formula is C19H24O7. The molecule has 1 spiro atoms. The van der Waals surface area contributed by atoms with Crippen molar-refractivity contribution in [3.63, 3.8) is 0 Å². The fraction of sp³-hybridized carbons (Fsp3) is 0.684. The van der Waals surface area contributed by atoms with E-state index in [0.717, 1.165) is 11.1 Å². The van der Waals surface area contributed by atoms with Gasteiger partial charge in [-0.15, -0.1) is 0 Å². The Morgan fingerprint density at radius 2 is 1.77 bits per heavy atom. The number of hydrogen-bond donors (Lipinski definition) is 1. The van der Waals surface area contributed by atoms with Crippen LogP contribution in [0.2, 0.25) is 0 Å². The third-order valence-electron chi connectivity index (χ3n) is 5.53. The molecule has 4 heterocycles. The highest BCUT2D eigenvalue weighted by Gasteiger charge is 2.69. The lowest BCUT2D eigenvalue weighted by Crippen LogP contribution is -2.51. The Labute approximate surface area is 152 Å². The van der Waals surface area contributed by atoms with Gasteiger partial charge < -0.3 is 33.5 Å². The second-order valence-corrected chi connectivity index (χ2v) is 8.27. The van der Waals surface area contributed by atoms with Crippen LogP contribution in [0.25, 0.3) is 0 Å². The maximum absolute atomic E-state index is 9.86. The molecule has 7 heteroatoms. The van der Waals surface area contributed by atoms with Gasteiger partial charge in [-0.2, -0.15) is 0 Å². The van der Waals surface area contributed by atoms with Gasteiger partial charge >= 0.3 is 0 Å². The number of hydrogen-bond acceptors (Lipinski definition) is 7. The van der Waals surface area contributed by atoms with Crippen LogP contribution in [0.3, 0.4) is 0 Å². The Morgan fingerprint density at radius 3 is 2.50 bits per heavy atom. The van der Waals surface area contributed by atoms with Crippen molar-refractivity contribution < 1.29 is 33.5 Å². The minimum atomic E-state index is -0.865. The van der Waals surface area contributed by atoms with Gasteiger partial charge in [0.1, 0.15) is 24.1 Å². The maximum Gasteiger partial charge on any atom is 0.191 e. The zero-order chi connectivity index (χ0) is 18.3. The Balaban J connectivity index is 1.59. The monoisotopic (exact) mass is 364 g/mol. The summed E-state index contributed by atoms with van der Waals surface area (Å²) in [6.07, 6.45) is -1.74. The Hall–Kier alpha value is -1.22. The van der Waals surface area contributed by atoms with Gasteiger partial charge in [0.2, 0.25) is 0 Å². The van der Waals surface area contributed by atoms with Crippen molar-refractivity contribution in [3.05, 3.63) is 29.3 Å². The molecule has 3 saturated heterocycles. The normalized spacial score (nSPS) is 42.3. The molecular weight excluding hydrogens is 340 g/mol. The zero-order valence-corrected chi connectivity index (χ0v) is 15.4. The lowest BCUT2D eigenvalue weighted by molar-refractivity contribution is -0.256. The molecule has 0 aromatic heterocycles. The minimum absolute atomic E-state index is 0.210. The first-order chi connectivity index (χ1) is 12.2. The first-order valence-corrected chi connectivity index (χ1v) is 8.99. The zero-order valence-electron chi connectivity index (χ0n) is 15.4. The van der Waals surface area contributed by atoms with Crippen molar-refractivity contribution in [3.8, 4) is 5.75 Å². The standard InChI is InChI=1S/C19H24O7/c1-17(2)21-9-13(24-17)14-19(15-16(23-14)26-18(3,4)25-15)12-6-5-11(20)7-10(12)8-22-19/h5-7,13-16,20H,8-9H2,1-4H3/t13-,14-,15+,16-,19+/m1/s1. The summed E-state index contributed by atoms with van der Waals surface area (Å²) in [5, 5.41) is 9.86. The molecule has 142 valence electrons. The van der Waals surface area contributed by atoms with Crippen LogP contribution >= 0.6 is 0 Å². The maximum atomic E-state index is 9.86. The van der Waals surface area contributed by atoms with Crippen LogP contribution < -0.4 is 0 Å². The lowest BCUT2D eigenvalue weighted by Gasteiger charge is -2.37. The van der Waals surface area contributed by atoms with E-state index >= 15 is 0 Å². The van der Waals surface area contributed by atoms with E-state index in [1.165, 1.54) is 0 Å². The predicted octanol–water partition coefficient (Wildman–Crippen LogP) is 2.15. The van der Waals surface area contributed by atoms with Crippen molar-refractivity contribution >= 4 is 0 Å².